The number of amides is 1. The van der Waals surface area contributed by atoms with Crippen LogP contribution in [0, 0.1) is 13.8 Å². The zero-order valence-corrected chi connectivity index (χ0v) is 18.2. The lowest BCUT2D eigenvalue weighted by molar-refractivity contribution is -0.147. The van der Waals surface area contributed by atoms with Gasteiger partial charge in [0.2, 0.25) is 5.91 Å². The predicted molar refractivity (Wildman–Crippen MR) is 117 cm³/mol. The maximum atomic E-state index is 12.9. The molecule has 0 aliphatic heterocycles. The summed E-state index contributed by atoms with van der Waals surface area (Å²) in [6.45, 7) is 5.64. The number of esters is 1. The Bertz CT molecular complexity index is 1060. The van der Waals surface area contributed by atoms with Crippen molar-refractivity contribution in [1.82, 2.24) is 15.1 Å². The number of methoxy groups -OCH3 is 1. The van der Waals surface area contributed by atoms with Crippen LogP contribution in [-0.4, -0.2) is 35.4 Å². The molecule has 0 aliphatic rings. The van der Waals surface area contributed by atoms with Crippen molar-refractivity contribution in [3.63, 3.8) is 0 Å². The summed E-state index contributed by atoms with van der Waals surface area (Å²) in [5, 5.41) is 7.44. The highest BCUT2D eigenvalue weighted by atomic mass is 16.5. The van der Waals surface area contributed by atoms with Crippen molar-refractivity contribution in [2.45, 2.75) is 33.2 Å². The minimum Gasteiger partial charge on any atom is -0.496 e. The van der Waals surface area contributed by atoms with E-state index in [0.717, 1.165) is 16.9 Å². The Morgan fingerprint density at radius 3 is 2.42 bits per heavy atom. The van der Waals surface area contributed by atoms with Crippen molar-refractivity contribution in [3.05, 3.63) is 77.1 Å². The first-order chi connectivity index (χ1) is 15.0. The van der Waals surface area contributed by atoms with E-state index in [2.05, 4.69) is 10.4 Å². The average Bonchev–Trinajstić information content (AvgIpc) is 3.07. The predicted octanol–water partition coefficient (Wildman–Crippen LogP) is 3.46. The standard InChI is InChI=1S/C24H27N3O4/c1-5-31-24(29)23(25-21(28)15-18-11-9-10-14-20(18)30-4)22-16(2)26-27(17(22)3)19-12-7-6-8-13-19/h6-14,23H,5,15H2,1-4H3,(H,25,28)/t23-/m0/s1. The molecule has 2 aromatic carbocycles. The third-order valence-electron chi connectivity index (χ3n) is 5.01. The summed E-state index contributed by atoms with van der Waals surface area (Å²) < 4.78 is 12.4. The van der Waals surface area contributed by atoms with Crippen molar-refractivity contribution in [1.29, 1.82) is 0 Å². The third kappa shape index (κ3) is 4.94. The van der Waals surface area contributed by atoms with Gasteiger partial charge < -0.3 is 14.8 Å². The maximum Gasteiger partial charge on any atom is 0.333 e. The molecule has 0 aliphatic carbocycles. The van der Waals surface area contributed by atoms with Gasteiger partial charge in [-0.05, 0) is 39.0 Å². The zero-order valence-electron chi connectivity index (χ0n) is 18.2. The molecule has 0 unspecified atom stereocenters. The van der Waals surface area contributed by atoms with E-state index in [-0.39, 0.29) is 18.9 Å². The fourth-order valence-corrected chi connectivity index (χ4v) is 3.60. The van der Waals surface area contributed by atoms with Crippen LogP contribution in [0.25, 0.3) is 5.69 Å². The quantitative estimate of drug-likeness (QED) is 0.563. The van der Waals surface area contributed by atoms with Gasteiger partial charge in [-0.15, -0.1) is 0 Å². The molecule has 3 aromatic rings. The van der Waals surface area contributed by atoms with Crippen molar-refractivity contribution in [2.24, 2.45) is 0 Å². The summed E-state index contributed by atoms with van der Waals surface area (Å²) in [5.74, 6) is -0.210. The number of carbonyl (C=O) groups excluding carboxylic acids is 2. The highest BCUT2D eigenvalue weighted by Crippen LogP contribution is 2.26. The SMILES string of the molecule is CCOC(=O)[C@@H](NC(=O)Cc1ccccc1OC)c1c(C)nn(-c2ccccc2)c1C. The molecule has 0 saturated carbocycles. The monoisotopic (exact) mass is 421 g/mol. The van der Waals surface area contributed by atoms with E-state index < -0.39 is 12.0 Å². The van der Waals surface area contributed by atoms with Crippen molar-refractivity contribution < 1.29 is 19.1 Å². The molecule has 0 spiro atoms. The number of hydrogen-bond acceptors (Lipinski definition) is 5. The summed E-state index contributed by atoms with van der Waals surface area (Å²) in [6, 6.07) is 16.0. The van der Waals surface area contributed by atoms with Gasteiger partial charge in [-0.25, -0.2) is 9.48 Å². The summed E-state index contributed by atoms with van der Waals surface area (Å²) in [6.07, 6.45) is 0.0742. The Morgan fingerprint density at radius 2 is 1.74 bits per heavy atom. The molecular formula is C24H27N3O4. The van der Waals surface area contributed by atoms with Gasteiger partial charge in [0.15, 0.2) is 6.04 Å². The van der Waals surface area contributed by atoms with E-state index in [1.807, 2.05) is 62.4 Å². The normalized spacial score (nSPS) is 11.6. The summed E-state index contributed by atoms with van der Waals surface area (Å²) in [5.41, 5.74) is 3.66. The van der Waals surface area contributed by atoms with Crippen LogP contribution in [0.5, 0.6) is 5.75 Å². The van der Waals surface area contributed by atoms with Crippen LogP contribution in [0.15, 0.2) is 54.6 Å². The highest BCUT2D eigenvalue weighted by molar-refractivity contribution is 5.87. The number of ether oxygens (including phenoxy) is 2. The molecule has 0 radical (unpaired) electrons. The molecule has 1 atom stereocenters. The van der Waals surface area contributed by atoms with E-state index in [0.29, 0.717) is 17.0 Å². The lowest BCUT2D eigenvalue weighted by Gasteiger charge is -2.19. The Labute approximate surface area is 182 Å². The summed E-state index contributed by atoms with van der Waals surface area (Å²) in [4.78, 5) is 25.7. The molecule has 1 heterocycles. The molecule has 0 bridgehead atoms. The van der Waals surface area contributed by atoms with Crippen LogP contribution in [0.1, 0.15) is 35.5 Å². The van der Waals surface area contributed by atoms with Crippen LogP contribution in [-0.2, 0) is 20.7 Å². The Hall–Kier alpha value is -3.61. The van der Waals surface area contributed by atoms with E-state index in [1.165, 1.54) is 0 Å². The minimum atomic E-state index is -0.959. The van der Waals surface area contributed by atoms with Gasteiger partial charge in [-0.2, -0.15) is 5.10 Å². The second kappa shape index (κ2) is 9.93. The van der Waals surface area contributed by atoms with Gasteiger partial charge in [-0.3, -0.25) is 4.79 Å². The molecule has 7 nitrogen and oxygen atoms in total. The van der Waals surface area contributed by atoms with Gasteiger partial charge >= 0.3 is 5.97 Å². The van der Waals surface area contributed by atoms with E-state index >= 15 is 0 Å². The molecule has 3 rings (SSSR count). The van der Waals surface area contributed by atoms with E-state index in [1.54, 1.807) is 24.8 Å². The van der Waals surface area contributed by atoms with Crippen LogP contribution in [0.3, 0.4) is 0 Å². The molecule has 162 valence electrons. The Kier molecular flexibility index (Phi) is 7.07. The first kappa shape index (κ1) is 22.1. The number of benzene rings is 2. The van der Waals surface area contributed by atoms with Crippen molar-refractivity contribution >= 4 is 11.9 Å². The van der Waals surface area contributed by atoms with Crippen molar-refractivity contribution in [3.8, 4) is 11.4 Å². The zero-order chi connectivity index (χ0) is 22.4. The van der Waals surface area contributed by atoms with Gasteiger partial charge in [0, 0.05) is 16.8 Å². The number of hydrogen-bond donors (Lipinski definition) is 1. The van der Waals surface area contributed by atoms with E-state index in [9.17, 15) is 9.59 Å². The van der Waals surface area contributed by atoms with Crippen LogP contribution < -0.4 is 10.1 Å². The maximum absolute atomic E-state index is 12.9. The molecule has 0 fully saturated rings. The molecule has 1 aromatic heterocycles. The fourth-order valence-electron chi connectivity index (χ4n) is 3.60. The second-order valence-electron chi connectivity index (χ2n) is 7.07. The number of aryl methyl sites for hydroxylation is 1. The van der Waals surface area contributed by atoms with Gasteiger partial charge in [-0.1, -0.05) is 36.4 Å². The smallest absolute Gasteiger partial charge is 0.333 e. The fraction of sp³-hybridized carbons (Fsp3) is 0.292. The third-order valence-corrected chi connectivity index (χ3v) is 5.01. The van der Waals surface area contributed by atoms with Gasteiger partial charge in [0.25, 0.3) is 0 Å². The van der Waals surface area contributed by atoms with Gasteiger partial charge in [0.05, 0.1) is 31.5 Å². The molecular weight excluding hydrogens is 394 g/mol. The molecule has 1 amide bonds. The number of nitrogens with one attached hydrogen (secondary N) is 1. The lowest BCUT2D eigenvalue weighted by Crippen LogP contribution is -2.36. The summed E-state index contributed by atoms with van der Waals surface area (Å²) >= 11 is 0. The number of para-hydroxylation sites is 2. The molecule has 0 saturated heterocycles. The first-order valence-electron chi connectivity index (χ1n) is 10.2. The van der Waals surface area contributed by atoms with Crippen LogP contribution in [0.4, 0.5) is 0 Å². The minimum absolute atomic E-state index is 0.0742. The highest BCUT2D eigenvalue weighted by Gasteiger charge is 2.30. The Morgan fingerprint density at radius 1 is 1.06 bits per heavy atom. The second-order valence-corrected chi connectivity index (χ2v) is 7.07. The Balaban J connectivity index is 1.92. The van der Waals surface area contributed by atoms with Crippen LogP contribution >= 0.6 is 0 Å². The molecule has 1 N–H and O–H groups in total. The average molecular weight is 421 g/mol. The first-order valence-corrected chi connectivity index (χ1v) is 10.2. The summed E-state index contributed by atoms with van der Waals surface area (Å²) in [7, 11) is 1.56. The lowest BCUT2D eigenvalue weighted by atomic mass is 10.0. The molecule has 7 heteroatoms. The van der Waals surface area contributed by atoms with E-state index in [4.69, 9.17) is 9.47 Å². The largest absolute Gasteiger partial charge is 0.496 e. The van der Waals surface area contributed by atoms with Crippen molar-refractivity contribution in [2.75, 3.05) is 13.7 Å². The number of aromatic nitrogens is 2. The molecule has 31 heavy (non-hydrogen) atoms. The number of nitrogens with zero attached hydrogens (tertiary/aromatic N) is 2. The van der Waals surface area contributed by atoms with Crippen LogP contribution in [0.2, 0.25) is 0 Å². The number of carbonyl (C=O) groups is 2. The topological polar surface area (TPSA) is 82.4 Å². The van der Waals surface area contributed by atoms with Gasteiger partial charge in [0.1, 0.15) is 5.75 Å². The number of rotatable bonds is 8.